The van der Waals surface area contributed by atoms with Gasteiger partial charge in [-0.3, -0.25) is 9.78 Å². The molecule has 0 radical (unpaired) electrons. The normalized spacial score (nSPS) is 12.2. The molecule has 4 N–H and O–H groups in total. The summed E-state index contributed by atoms with van der Waals surface area (Å²) in [6.07, 6.45) is 6.27. The van der Waals surface area contributed by atoms with Crippen LogP contribution in [0, 0.1) is 5.82 Å². The van der Waals surface area contributed by atoms with E-state index in [1.165, 1.54) is 24.8 Å². The Balaban J connectivity index is 1.55. The molecule has 0 aliphatic carbocycles. The van der Waals surface area contributed by atoms with Crippen molar-refractivity contribution in [3.8, 4) is 0 Å². The van der Waals surface area contributed by atoms with E-state index < -0.39 is 17.4 Å². The Kier molecular flexibility index (Phi) is 4.67. The summed E-state index contributed by atoms with van der Waals surface area (Å²) in [4.78, 5) is 39.4. The zero-order chi connectivity index (χ0) is 21.2. The lowest BCUT2D eigenvalue weighted by Gasteiger charge is -2.20. The zero-order valence-corrected chi connectivity index (χ0v) is 16.0. The quantitative estimate of drug-likeness (QED) is 0.330. The fourth-order valence-electron chi connectivity index (χ4n) is 3.28. The zero-order valence-electron chi connectivity index (χ0n) is 16.0. The molecule has 0 bridgehead atoms. The molecule has 31 heavy (non-hydrogen) atoms. The van der Waals surface area contributed by atoms with Crippen LogP contribution < -0.4 is 16.2 Å². The van der Waals surface area contributed by atoms with Crippen LogP contribution in [0.4, 0.5) is 15.9 Å². The van der Waals surface area contributed by atoms with Gasteiger partial charge in [-0.1, -0.05) is 6.07 Å². The second-order valence-electron chi connectivity index (χ2n) is 6.73. The van der Waals surface area contributed by atoms with Crippen LogP contribution in [0.3, 0.4) is 0 Å². The highest BCUT2D eigenvalue weighted by Crippen LogP contribution is 2.22. The number of anilines is 2. The van der Waals surface area contributed by atoms with Gasteiger partial charge >= 0.3 is 0 Å². The first-order chi connectivity index (χ1) is 15.2. The first kappa shape index (κ1) is 18.6. The van der Waals surface area contributed by atoms with Crippen molar-refractivity contribution in [2.45, 2.75) is 6.04 Å². The SMILES string of the molecule is O=c1[nH]c([C@H](CNc2cccnc2)Nc2ncnc3nc[nH]c23)nc2cccc(F)c12. The van der Waals surface area contributed by atoms with Gasteiger partial charge in [-0.15, -0.1) is 0 Å². The number of nitrogens with one attached hydrogen (secondary N) is 4. The molecular formula is C20H16FN9O. The number of rotatable bonds is 6. The second kappa shape index (κ2) is 7.78. The van der Waals surface area contributed by atoms with Crippen molar-refractivity contribution in [2.24, 2.45) is 0 Å². The van der Waals surface area contributed by atoms with Crippen molar-refractivity contribution in [1.29, 1.82) is 0 Å². The summed E-state index contributed by atoms with van der Waals surface area (Å²) in [5, 5.41) is 6.44. The second-order valence-corrected chi connectivity index (χ2v) is 6.73. The fraction of sp³-hybridized carbons (Fsp3) is 0.100. The number of H-pyrrole nitrogens is 2. The highest BCUT2D eigenvalue weighted by Gasteiger charge is 2.19. The van der Waals surface area contributed by atoms with Crippen LogP contribution in [0.1, 0.15) is 11.9 Å². The number of nitrogens with zero attached hydrogens (tertiary/aromatic N) is 5. The molecule has 0 fully saturated rings. The van der Waals surface area contributed by atoms with Gasteiger partial charge in [-0.25, -0.2) is 24.3 Å². The topological polar surface area (TPSA) is 137 Å². The number of pyridine rings is 1. The number of fused-ring (bicyclic) bond motifs is 2. The lowest BCUT2D eigenvalue weighted by Crippen LogP contribution is -2.26. The van der Waals surface area contributed by atoms with E-state index in [9.17, 15) is 9.18 Å². The van der Waals surface area contributed by atoms with Gasteiger partial charge in [0.05, 0.1) is 17.5 Å². The predicted octanol–water partition coefficient (Wildman–Crippen LogP) is 2.39. The molecule has 4 aromatic heterocycles. The highest BCUT2D eigenvalue weighted by atomic mass is 19.1. The molecule has 1 atom stereocenters. The Labute approximate surface area is 174 Å². The maximum atomic E-state index is 14.1. The van der Waals surface area contributed by atoms with Crippen molar-refractivity contribution in [1.82, 2.24) is 34.9 Å². The van der Waals surface area contributed by atoms with Crippen molar-refractivity contribution in [2.75, 3.05) is 17.2 Å². The molecule has 0 amide bonds. The van der Waals surface area contributed by atoms with Gasteiger partial charge < -0.3 is 20.6 Å². The van der Waals surface area contributed by atoms with Crippen LogP contribution >= 0.6 is 0 Å². The van der Waals surface area contributed by atoms with Gasteiger partial charge in [0.25, 0.3) is 5.56 Å². The van der Waals surface area contributed by atoms with Gasteiger partial charge in [-0.05, 0) is 24.3 Å². The monoisotopic (exact) mass is 417 g/mol. The number of hydrogen-bond donors (Lipinski definition) is 4. The largest absolute Gasteiger partial charge is 0.381 e. The third-order valence-corrected chi connectivity index (χ3v) is 4.74. The third kappa shape index (κ3) is 3.64. The average molecular weight is 417 g/mol. The number of aromatic nitrogens is 7. The van der Waals surface area contributed by atoms with Crippen LogP contribution in [-0.2, 0) is 0 Å². The smallest absolute Gasteiger partial charge is 0.261 e. The Morgan fingerprint density at radius 3 is 2.94 bits per heavy atom. The number of imidazole rings is 1. The Hall–Kier alpha value is -4.41. The van der Waals surface area contributed by atoms with Crippen LogP contribution in [-0.4, -0.2) is 41.4 Å². The first-order valence-corrected chi connectivity index (χ1v) is 9.42. The molecule has 11 heteroatoms. The van der Waals surface area contributed by atoms with E-state index in [1.807, 2.05) is 12.1 Å². The molecule has 154 valence electrons. The minimum Gasteiger partial charge on any atom is -0.381 e. The van der Waals surface area contributed by atoms with Crippen molar-refractivity contribution < 1.29 is 4.39 Å². The van der Waals surface area contributed by atoms with E-state index >= 15 is 0 Å². The van der Waals surface area contributed by atoms with E-state index in [4.69, 9.17) is 0 Å². The molecule has 0 unspecified atom stereocenters. The van der Waals surface area contributed by atoms with Gasteiger partial charge in [0.1, 0.15) is 34.9 Å². The number of hydrogen-bond acceptors (Lipinski definition) is 8. The highest BCUT2D eigenvalue weighted by molar-refractivity contribution is 5.82. The molecule has 5 aromatic rings. The van der Waals surface area contributed by atoms with Crippen LogP contribution in [0.5, 0.6) is 0 Å². The molecule has 0 aliphatic heterocycles. The summed E-state index contributed by atoms with van der Waals surface area (Å²) in [5.41, 5.74) is 1.61. The summed E-state index contributed by atoms with van der Waals surface area (Å²) in [5.74, 6) is 0.194. The Morgan fingerprint density at radius 2 is 2.06 bits per heavy atom. The van der Waals surface area contributed by atoms with Crippen molar-refractivity contribution >= 4 is 33.6 Å². The van der Waals surface area contributed by atoms with Crippen molar-refractivity contribution in [3.63, 3.8) is 0 Å². The predicted molar refractivity (Wildman–Crippen MR) is 113 cm³/mol. The van der Waals surface area contributed by atoms with Crippen LogP contribution in [0.25, 0.3) is 22.1 Å². The van der Waals surface area contributed by atoms with Gasteiger partial charge in [0.15, 0.2) is 11.5 Å². The molecule has 0 saturated carbocycles. The molecular weight excluding hydrogens is 401 g/mol. The summed E-state index contributed by atoms with van der Waals surface area (Å²) in [7, 11) is 0. The Morgan fingerprint density at radius 1 is 1.13 bits per heavy atom. The molecule has 0 saturated heterocycles. The lowest BCUT2D eigenvalue weighted by molar-refractivity contribution is 0.637. The molecule has 5 rings (SSSR count). The third-order valence-electron chi connectivity index (χ3n) is 4.74. The molecule has 4 heterocycles. The average Bonchev–Trinajstić information content (AvgIpc) is 3.27. The van der Waals surface area contributed by atoms with E-state index in [1.54, 1.807) is 18.5 Å². The van der Waals surface area contributed by atoms with E-state index in [0.717, 1.165) is 5.69 Å². The summed E-state index contributed by atoms with van der Waals surface area (Å²) in [6.45, 7) is 0.328. The molecule has 0 aliphatic rings. The minimum absolute atomic E-state index is 0.0804. The number of benzene rings is 1. The summed E-state index contributed by atoms with van der Waals surface area (Å²) >= 11 is 0. The summed E-state index contributed by atoms with van der Waals surface area (Å²) in [6, 6.07) is 7.50. The van der Waals surface area contributed by atoms with E-state index in [0.29, 0.717) is 29.4 Å². The van der Waals surface area contributed by atoms with Crippen molar-refractivity contribution in [3.05, 3.63) is 77.4 Å². The maximum Gasteiger partial charge on any atom is 0.261 e. The lowest BCUT2D eigenvalue weighted by atomic mass is 10.2. The van der Waals surface area contributed by atoms with Crippen LogP contribution in [0.2, 0.25) is 0 Å². The standard InChI is InChI=1S/C20H16FN9O/c21-12-4-1-5-13-15(12)20(31)30-17(28-13)14(8-23-11-3-2-6-22-7-11)29-19-16-18(25-9-24-16)26-10-27-19/h1-7,9-10,14,23H,8H2,(H,28,30,31)(H2,24,25,26,27,29)/t14-/m0/s1. The van der Waals surface area contributed by atoms with Gasteiger partial charge in [0.2, 0.25) is 0 Å². The number of halogens is 1. The molecule has 0 spiro atoms. The number of aromatic amines is 2. The van der Waals surface area contributed by atoms with Gasteiger partial charge in [0, 0.05) is 18.9 Å². The summed E-state index contributed by atoms with van der Waals surface area (Å²) < 4.78 is 14.1. The van der Waals surface area contributed by atoms with Gasteiger partial charge in [-0.2, -0.15) is 0 Å². The molecule has 10 nitrogen and oxygen atoms in total. The maximum absolute atomic E-state index is 14.1. The first-order valence-electron chi connectivity index (χ1n) is 9.42. The molecule has 1 aromatic carbocycles. The minimum atomic E-state index is -0.620. The Bertz CT molecular complexity index is 1420. The van der Waals surface area contributed by atoms with E-state index in [2.05, 4.69) is 45.5 Å². The van der Waals surface area contributed by atoms with Crippen LogP contribution in [0.15, 0.2) is 60.2 Å². The van der Waals surface area contributed by atoms with E-state index in [-0.39, 0.29) is 10.9 Å². The fourth-order valence-corrected chi connectivity index (χ4v) is 3.28.